The molecule has 0 radical (unpaired) electrons. The summed E-state index contributed by atoms with van der Waals surface area (Å²) in [5, 5.41) is 0. The van der Waals surface area contributed by atoms with Crippen LogP contribution in [-0.4, -0.2) is 50.2 Å². The van der Waals surface area contributed by atoms with E-state index >= 15 is 0 Å². The highest BCUT2D eigenvalue weighted by atomic mass is 16.5. The van der Waals surface area contributed by atoms with E-state index in [-0.39, 0.29) is 17.6 Å². The van der Waals surface area contributed by atoms with Crippen LogP contribution in [0.3, 0.4) is 0 Å². The number of fused-ring (bicyclic) bond motifs is 2. The Bertz CT molecular complexity index is 972. The molecule has 6 heteroatoms. The van der Waals surface area contributed by atoms with Gasteiger partial charge in [-0.15, -0.1) is 0 Å². The second-order valence-corrected chi connectivity index (χ2v) is 7.39. The van der Waals surface area contributed by atoms with Crippen molar-refractivity contribution in [3.63, 3.8) is 0 Å². The standard InChI is InChI=1S/C22H22N2O4/c1-23-12-11-22(18(20(23)26)19(25)14-7-5-4-6-8-14)16-13-15(28-3)9-10-17(16)24(2)21(22)27/h4-10,13,18H,11-12H2,1-3H3. The molecule has 0 N–H and O–H groups in total. The average Bonchev–Trinajstić information content (AvgIpc) is 2.93. The fourth-order valence-electron chi connectivity index (χ4n) is 4.47. The quantitative estimate of drug-likeness (QED) is 0.607. The molecule has 2 amide bonds. The summed E-state index contributed by atoms with van der Waals surface area (Å²) < 4.78 is 5.36. The van der Waals surface area contributed by atoms with Gasteiger partial charge >= 0.3 is 0 Å². The molecule has 144 valence electrons. The Balaban J connectivity index is 1.94. The molecule has 2 heterocycles. The Hall–Kier alpha value is -3.15. The lowest BCUT2D eigenvalue weighted by Gasteiger charge is -2.42. The Morgan fingerprint density at radius 1 is 1.11 bits per heavy atom. The van der Waals surface area contributed by atoms with Gasteiger partial charge in [-0.3, -0.25) is 14.4 Å². The molecule has 0 aromatic heterocycles. The molecule has 28 heavy (non-hydrogen) atoms. The number of piperidine rings is 1. The molecule has 2 aromatic rings. The molecule has 2 atom stereocenters. The third-order valence-corrected chi connectivity index (χ3v) is 6.01. The van der Waals surface area contributed by atoms with Gasteiger partial charge in [0, 0.05) is 31.9 Å². The molecule has 2 aromatic carbocycles. The first-order valence-corrected chi connectivity index (χ1v) is 9.22. The molecule has 2 aliphatic rings. The van der Waals surface area contributed by atoms with E-state index in [1.165, 1.54) is 0 Å². The maximum atomic E-state index is 13.5. The van der Waals surface area contributed by atoms with Crippen molar-refractivity contribution in [2.75, 3.05) is 32.6 Å². The maximum Gasteiger partial charge on any atom is 0.238 e. The van der Waals surface area contributed by atoms with E-state index in [4.69, 9.17) is 4.74 Å². The first kappa shape index (κ1) is 18.2. The van der Waals surface area contributed by atoms with Crippen LogP contribution in [0.2, 0.25) is 0 Å². The maximum absolute atomic E-state index is 13.5. The van der Waals surface area contributed by atoms with Gasteiger partial charge in [0.15, 0.2) is 5.78 Å². The highest BCUT2D eigenvalue weighted by Crippen LogP contribution is 2.52. The Kier molecular flexibility index (Phi) is 4.22. The summed E-state index contributed by atoms with van der Waals surface area (Å²) in [6.07, 6.45) is 0.391. The monoisotopic (exact) mass is 378 g/mol. The number of likely N-dealkylation sites (tertiary alicyclic amines) is 1. The van der Waals surface area contributed by atoms with Crippen LogP contribution in [0.4, 0.5) is 5.69 Å². The highest BCUT2D eigenvalue weighted by molar-refractivity contribution is 6.20. The molecule has 0 saturated carbocycles. The lowest BCUT2D eigenvalue weighted by molar-refractivity contribution is -0.143. The van der Waals surface area contributed by atoms with Crippen molar-refractivity contribution in [1.82, 2.24) is 4.90 Å². The van der Waals surface area contributed by atoms with Crippen LogP contribution < -0.4 is 9.64 Å². The van der Waals surface area contributed by atoms with E-state index < -0.39 is 11.3 Å². The number of nitrogens with zero attached hydrogens (tertiary/aromatic N) is 2. The van der Waals surface area contributed by atoms with Gasteiger partial charge in [-0.25, -0.2) is 0 Å². The molecule has 6 nitrogen and oxygen atoms in total. The second kappa shape index (κ2) is 6.48. The number of hydrogen-bond acceptors (Lipinski definition) is 4. The van der Waals surface area contributed by atoms with Crippen LogP contribution in [0.25, 0.3) is 0 Å². The number of amides is 2. The minimum atomic E-state index is -1.21. The van der Waals surface area contributed by atoms with Gasteiger partial charge in [0.2, 0.25) is 11.8 Å². The van der Waals surface area contributed by atoms with E-state index in [0.29, 0.717) is 35.5 Å². The van der Waals surface area contributed by atoms with Crippen LogP contribution in [0, 0.1) is 5.92 Å². The lowest BCUT2D eigenvalue weighted by Crippen LogP contribution is -2.59. The van der Waals surface area contributed by atoms with Crippen LogP contribution >= 0.6 is 0 Å². The zero-order valence-electron chi connectivity index (χ0n) is 16.1. The summed E-state index contributed by atoms with van der Waals surface area (Å²) in [4.78, 5) is 43.3. The number of likely N-dealkylation sites (N-methyl/N-ethyl adjacent to an activating group) is 1. The highest BCUT2D eigenvalue weighted by Gasteiger charge is 2.61. The van der Waals surface area contributed by atoms with Crippen molar-refractivity contribution in [2.45, 2.75) is 11.8 Å². The Morgan fingerprint density at radius 2 is 1.82 bits per heavy atom. The Labute approximate surface area is 163 Å². The number of Topliss-reactive ketones (excluding diaryl/α,β-unsaturated/α-hetero) is 1. The Morgan fingerprint density at radius 3 is 2.50 bits per heavy atom. The summed E-state index contributed by atoms with van der Waals surface area (Å²) >= 11 is 0. The number of ketones is 1. The van der Waals surface area contributed by atoms with Gasteiger partial charge in [0.25, 0.3) is 0 Å². The second-order valence-electron chi connectivity index (χ2n) is 7.39. The average molecular weight is 378 g/mol. The molecule has 1 fully saturated rings. The number of hydrogen-bond donors (Lipinski definition) is 0. The molecule has 1 spiro atoms. The first-order chi connectivity index (χ1) is 13.4. The molecule has 0 bridgehead atoms. The molecule has 2 unspecified atom stereocenters. The van der Waals surface area contributed by atoms with Gasteiger partial charge in [-0.05, 0) is 30.2 Å². The molecule has 0 aliphatic carbocycles. The van der Waals surface area contributed by atoms with Crippen molar-refractivity contribution in [3.05, 3.63) is 59.7 Å². The molecular formula is C22H22N2O4. The molecule has 1 saturated heterocycles. The van der Waals surface area contributed by atoms with E-state index in [1.807, 2.05) is 12.1 Å². The van der Waals surface area contributed by atoms with Crippen LogP contribution in [-0.2, 0) is 15.0 Å². The third kappa shape index (κ3) is 2.37. The van der Waals surface area contributed by atoms with Gasteiger partial charge in [0.05, 0.1) is 12.5 Å². The lowest BCUT2D eigenvalue weighted by atomic mass is 9.63. The van der Waals surface area contributed by atoms with E-state index in [0.717, 1.165) is 0 Å². The van der Waals surface area contributed by atoms with Crippen molar-refractivity contribution in [1.29, 1.82) is 0 Å². The largest absolute Gasteiger partial charge is 0.497 e. The van der Waals surface area contributed by atoms with Crippen LogP contribution in [0.5, 0.6) is 5.75 Å². The summed E-state index contributed by atoms with van der Waals surface area (Å²) in [5.41, 5.74) is 0.626. The summed E-state index contributed by atoms with van der Waals surface area (Å²) in [7, 11) is 4.92. The normalized spacial score (nSPS) is 23.9. The summed E-state index contributed by atoms with van der Waals surface area (Å²) in [5.74, 6) is -1.37. The van der Waals surface area contributed by atoms with Crippen LogP contribution in [0.15, 0.2) is 48.5 Å². The third-order valence-electron chi connectivity index (χ3n) is 6.01. The molecule has 4 rings (SSSR count). The first-order valence-electron chi connectivity index (χ1n) is 9.22. The van der Waals surface area contributed by atoms with Crippen LogP contribution in [0.1, 0.15) is 22.3 Å². The fraction of sp³-hybridized carbons (Fsp3) is 0.318. The number of carbonyl (C=O) groups excluding carboxylic acids is 3. The number of methoxy groups -OCH3 is 1. The number of anilines is 1. The van der Waals surface area contributed by atoms with Crippen molar-refractivity contribution in [3.8, 4) is 5.75 Å². The summed E-state index contributed by atoms with van der Waals surface area (Å²) in [6.45, 7) is 0.410. The van der Waals surface area contributed by atoms with Gasteiger partial charge in [-0.1, -0.05) is 30.3 Å². The molecular weight excluding hydrogens is 356 g/mol. The van der Waals surface area contributed by atoms with Gasteiger partial charge < -0.3 is 14.5 Å². The SMILES string of the molecule is COc1ccc2c(c1)C1(CCN(C)C(=O)C1C(=O)c1ccccc1)C(=O)N2C. The van der Waals surface area contributed by atoms with Crippen molar-refractivity contribution < 1.29 is 19.1 Å². The minimum Gasteiger partial charge on any atom is -0.497 e. The van der Waals surface area contributed by atoms with Gasteiger partial charge in [-0.2, -0.15) is 0 Å². The predicted molar refractivity (Wildman–Crippen MR) is 105 cm³/mol. The number of ether oxygens (including phenoxy) is 1. The van der Waals surface area contributed by atoms with Crippen molar-refractivity contribution >= 4 is 23.3 Å². The van der Waals surface area contributed by atoms with E-state index in [1.54, 1.807) is 67.4 Å². The van der Waals surface area contributed by atoms with E-state index in [9.17, 15) is 14.4 Å². The van der Waals surface area contributed by atoms with E-state index in [2.05, 4.69) is 0 Å². The smallest absolute Gasteiger partial charge is 0.238 e. The number of rotatable bonds is 3. The van der Waals surface area contributed by atoms with Crippen molar-refractivity contribution in [2.24, 2.45) is 5.92 Å². The zero-order valence-corrected chi connectivity index (χ0v) is 16.1. The fourth-order valence-corrected chi connectivity index (χ4v) is 4.47. The summed E-state index contributed by atoms with van der Waals surface area (Å²) in [6, 6.07) is 14.1. The molecule has 2 aliphatic heterocycles. The number of carbonyl (C=O) groups is 3. The zero-order chi connectivity index (χ0) is 20.1. The minimum absolute atomic E-state index is 0.216. The van der Waals surface area contributed by atoms with Gasteiger partial charge in [0.1, 0.15) is 11.7 Å². The predicted octanol–water partition coefficient (Wildman–Crippen LogP) is 2.27. The number of benzene rings is 2. The topological polar surface area (TPSA) is 66.9 Å².